The van der Waals surface area contributed by atoms with Crippen molar-refractivity contribution in [3.8, 4) is 22.6 Å². The molecule has 0 fully saturated rings. The lowest BCUT2D eigenvalue weighted by molar-refractivity contribution is 0.104. The van der Waals surface area contributed by atoms with Crippen LogP contribution in [0.1, 0.15) is 15.9 Å². The van der Waals surface area contributed by atoms with Crippen LogP contribution in [0.4, 0.5) is 0 Å². The summed E-state index contributed by atoms with van der Waals surface area (Å²) in [4.78, 5) is 12.7. The van der Waals surface area contributed by atoms with Gasteiger partial charge in [0.05, 0.1) is 14.2 Å². The van der Waals surface area contributed by atoms with Gasteiger partial charge in [0.15, 0.2) is 5.78 Å². The van der Waals surface area contributed by atoms with Gasteiger partial charge < -0.3 is 9.47 Å². The highest BCUT2D eigenvalue weighted by Crippen LogP contribution is 2.47. The molecule has 0 atom stereocenters. The van der Waals surface area contributed by atoms with Crippen molar-refractivity contribution in [2.45, 2.75) is 0 Å². The molecule has 3 nitrogen and oxygen atoms in total. The van der Waals surface area contributed by atoms with Gasteiger partial charge in [0, 0.05) is 27.6 Å². The molecule has 0 aromatic heterocycles. The Hall–Kier alpha value is -2.81. The van der Waals surface area contributed by atoms with Crippen molar-refractivity contribution >= 4 is 16.6 Å². The van der Waals surface area contributed by atoms with Crippen LogP contribution >= 0.6 is 0 Å². The van der Waals surface area contributed by atoms with Crippen LogP contribution in [-0.2, 0) is 0 Å². The number of hydrogen-bond acceptors (Lipinski definition) is 3. The van der Waals surface area contributed by atoms with Gasteiger partial charge in [-0.25, -0.2) is 0 Å². The van der Waals surface area contributed by atoms with E-state index in [-0.39, 0.29) is 5.78 Å². The second-order valence-electron chi connectivity index (χ2n) is 5.26. The summed E-state index contributed by atoms with van der Waals surface area (Å²) in [5, 5.41) is 2.00. The van der Waals surface area contributed by atoms with Crippen LogP contribution < -0.4 is 9.47 Å². The second kappa shape index (κ2) is 4.60. The Morgan fingerprint density at radius 1 is 0.682 bits per heavy atom. The number of rotatable bonds is 2. The number of benzene rings is 3. The summed E-state index contributed by atoms with van der Waals surface area (Å²) < 4.78 is 10.9. The van der Waals surface area contributed by atoms with Crippen molar-refractivity contribution in [1.29, 1.82) is 0 Å². The van der Waals surface area contributed by atoms with Crippen LogP contribution in [0, 0.1) is 0 Å². The van der Waals surface area contributed by atoms with Gasteiger partial charge in [-0.1, -0.05) is 24.3 Å². The third kappa shape index (κ3) is 1.53. The van der Waals surface area contributed by atoms with Crippen LogP contribution in [0.3, 0.4) is 0 Å². The van der Waals surface area contributed by atoms with E-state index in [1.54, 1.807) is 14.2 Å². The fourth-order valence-corrected chi connectivity index (χ4v) is 3.26. The molecule has 3 heteroatoms. The van der Waals surface area contributed by atoms with Crippen LogP contribution in [0.5, 0.6) is 11.5 Å². The van der Waals surface area contributed by atoms with Gasteiger partial charge in [-0.3, -0.25) is 4.79 Å². The zero-order valence-electron chi connectivity index (χ0n) is 12.3. The highest BCUT2D eigenvalue weighted by molar-refractivity contribution is 6.27. The van der Waals surface area contributed by atoms with E-state index in [1.807, 2.05) is 48.5 Å². The quantitative estimate of drug-likeness (QED) is 0.558. The molecule has 108 valence electrons. The molecule has 4 rings (SSSR count). The maximum absolute atomic E-state index is 12.7. The zero-order chi connectivity index (χ0) is 15.3. The van der Waals surface area contributed by atoms with Crippen LogP contribution in [0.2, 0.25) is 0 Å². The largest absolute Gasteiger partial charge is 0.496 e. The fourth-order valence-electron chi connectivity index (χ4n) is 3.26. The van der Waals surface area contributed by atoms with E-state index in [9.17, 15) is 4.79 Å². The Morgan fingerprint density at radius 2 is 1.36 bits per heavy atom. The molecule has 0 bridgehead atoms. The highest BCUT2D eigenvalue weighted by atomic mass is 16.5. The monoisotopic (exact) mass is 290 g/mol. The van der Waals surface area contributed by atoms with Gasteiger partial charge in [-0.15, -0.1) is 0 Å². The fraction of sp³-hybridized carbons (Fsp3) is 0.105. The first-order chi connectivity index (χ1) is 10.8. The molecule has 0 radical (unpaired) electrons. The number of fused-ring (bicyclic) bond motifs is 5. The average Bonchev–Trinajstić information content (AvgIpc) is 2.87. The molecule has 1 aliphatic carbocycles. The number of ketones is 1. The van der Waals surface area contributed by atoms with E-state index in [1.165, 1.54) is 0 Å². The molecule has 0 heterocycles. The lowest BCUT2D eigenvalue weighted by Gasteiger charge is -2.11. The van der Waals surface area contributed by atoms with E-state index in [0.717, 1.165) is 39.0 Å². The molecular formula is C19H14O3. The Morgan fingerprint density at radius 3 is 2.14 bits per heavy atom. The molecule has 22 heavy (non-hydrogen) atoms. The van der Waals surface area contributed by atoms with Crippen LogP contribution in [0.25, 0.3) is 21.9 Å². The number of carbonyl (C=O) groups is 1. The molecule has 0 saturated carbocycles. The average molecular weight is 290 g/mol. The predicted molar refractivity (Wildman–Crippen MR) is 85.9 cm³/mol. The van der Waals surface area contributed by atoms with Crippen molar-refractivity contribution < 1.29 is 14.3 Å². The van der Waals surface area contributed by atoms with Crippen molar-refractivity contribution in [1.82, 2.24) is 0 Å². The normalized spacial score (nSPS) is 12.2. The number of methoxy groups -OCH3 is 2. The van der Waals surface area contributed by atoms with Crippen LogP contribution in [-0.4, -0.2) is 20.0 Å². The zero-order valence-corrected chi connectivity index (χ0v) is 12.3. The standard InChI is InChI=1S/C19H14O3/c1-21-15-7-3-5-12-11(15)9-10-14-17(12)18-13(19(14)20)6-4-8-16(18)22-2/h3-10H,1-2H3. The van der Waals surface area contributed by atoms with Gasteiger partial charge in [0.1, 0.15) is 11.5 Å². The second-order valence-corrected chi connectivity index (χ2v) is 5.26. The highest BCUT2D eigenvalue weighted by Gasteiger charge is 2.31. The Kier molecular flexibility index (Phi) is 2.70. The Bertz CT molecular complexity index is 925. The molecule has 0 spiro atoms. The first kappa shape index (κ1) is 12.9. The minimum Gasteiger partial charge on any atom is -0.496 e. The van der Waals surface area contributed by atoms with Gasteiger partial charge in [0.2, 0.25) is 0 Å². The lowest BCUT2D eigenvalue weighted by atomic mass is 9.97. The van der Waals surface area contributed by atoms with E-state index in [4.69, 9.17) is 9.47 Å². The van der Waals surface area contributed by atoms with Gasteiger partial charge >= 0.3 is 0 Å². The van der Waals surface area contributed by atoms with Crippen molar-refractivity contribution in [2.75, 3.05) is 14.2 Å². The first-order valence-electron chi connectivity index (χ1n) is 7.08. The van der Waals surface area contributed by atoms with Gasteiger partial charge in [-0.2, -0.15) is 0 Å². The lowest BCUT2D eigenvalue weighted by Crippen LogP contribution is -1.95. The van der Waals surface area contributed by atoms with E-state index >= 15 is 0 Å². The third-order valence-electron chi connectivity index (χ3n) is 4.23. The summed E-state index contributed by atoms with van der Waals surface area (Å²) in [6.45, 7) is 0. The Labute approximate surface area is 128 Å². The number of carbonyl (C=O) groups excluding carboxylic acids is 1. The smallest absolute Gasteiger partial charge is 0.194 e. The molecule has 0 N–H and O–H groups in total. The van der Waals surface area contributed by atoms with E-state index in [2.05, 4.69) is 0 Å². The van der Waals surface area contributed by atoms with Crippen molar-refractivity contribution in [2.24, 2.45) is 0 Å². The first-order valence-corrected chi connectivity index (χ1v) is 7.08. The topological polar surface area (TPSA) is 35.5 Å². The van der Waals surface area contributed by atoms with E-state index < -0.39 is 0 Å². The van der Waals surface area contributed by atoms with Crippen molar-refractivity contribution in [3.63, 3.8) is 0 Å². The molecule has 3 aromatic carbocycles. The molecular weight excluding hydrogens is 276 g/mol. The Balaban J connectivity index is 2.18. The summed E-state index contributed by atoms with van der Waals surface area (Å²) >= 11 is 0. The summed E-state index contributed by atoms with van der Waals surface area (Å²) in [5.74, 6) is 1.57. The third-order valence-corrected chi connectivity index (χ3v) is 4.23. The van der Waals surface area contributed by atoms with Gasteiger partial charge in [0.25, 0.3) is 0 Å². The molecule has 0 saturated heterocycles. The summed E-state index contributed by atoms with van der Waals surface area (Å²) in [6.07, 6.45) is 0. The van der Waals surface area contributed by atoms with Crippen molar-refractivity contribution in [3.05, 3.63) is 59.7 Å². The maximum atomic E-state index is 12.7. The molecule has 1 aliphatic rings. The van der Waals surface area contributed by atoms with Crippen LogP contribution in [0.15, 0.2) is 48.5 Å². The maximum Gasteiger partial charge on any atom is 0.194 e. The van der Waals surface area contributed by atoms with E-state index in [0.29, 0.717) is 5.56 Å². The minimum atomic E-state index is 0.0496. The van der Waals surface area contributed by atoms with Gasteiger partial charge in [-0.05, 0) is 29.7 Å². The SMILES string of the molecule is COc1cccc2c1-c1c(ccc3c(OC)cccc13)C2=O. The molecule has 0 unspecified atom stereocenters. The minimum absolute atomic E-state index is 0.0496. The number of hydrogen-bond donors (Lipinski definition) is 0. The molecule has 0 amide bonds. The summed E-state index contributed by atoms with van der Waals surface area (Å²) in [5.41, 5.74) is 3.24. The molecule has 0 aliphatic heterocycles. The predicted octanol–water partition coefficient (Wildman–Crippen LogP) is 4.07. The summed E-state index contributed by atoms with van der Waals surface area (Å²) in [6, 6.07) is 15.3. The number of ether oxygens (including phenoxy) is 2. The summed E-state index contributed by atoms with van der Waals surface area (Å²) in [7, 11) is 3.28. The molecule has 3 aromatic rings.